The second-order valence-corrected chi connectivity index (χ2v) is 3.78. The molecule has 0 atom stereocenters. The highest BCUT2D eigenvalue weighted by Crippen LogP contribution is 2.33. The number of benzene rings is 2. The summed E-state index contributed by atoms with van der Waals surface area (Å²) in [5.74, 6) is 2.63. The van der Waals surface area contributed by atoms with Crippen LogP contribution in [0, 0.1) is 12.3 Å². The quantitative estimate of drug-likeness (QED) is 0.334. The van der Waals surface area contributed by atoms with Crippen molar-refractivity contribution in [3.05, 3.63) is 82.2 Å². The molecule has 0 saturated carbocycles. The Morgan fingerprint density at radius 1 is 0.944 bits per heavy atom. The standard InChI is InChI=1S/C15H11N3/c1-2-15(17-18-16,13-9-5-3-6-10-13)14-11-7-4-8-12-14/h1,3-12H. The molecule has 0 heterocycles. The van der Waals surface area contributed by atoms with Gasteiger partial charge >= 0.3 is 0 Å². The van der Waals surface area contributed by atoms with Crippen molar-refractivity contribution in [3.8, 4) is 12.3 Å². The lowest BCUT2D eigenvalue weighted by molar-refractivity contribution is 0.703. The molecule has 0 aromatic heterocycles. The van der Waals surface area contributed by atoms with Crippen LogP contribution in [0.4, 0.5) is 0 Å². The third-order valence-corrected chi connectivity index (χ3v) is 2.79. The van der Waals surface area contributed by atoms with E-state index < -0.39 is 5.54 Å². The molecular weight excluding hydrogens is 222 g/mol. The van der Waals surface area contributed by atoms with Crippen LogP contribution in [0.1, 0.15) is 11.1 Å². The number of azide groups is 1. The maximum absolute atomic E-state index is 8.82. The van der Waals surface area contributed by atoms with Crippen LogP contribution in [0.3, 0.4) is 0 Å². The summed E-state index contributed by atoms with van der Waals surface area (Å²) in [5, 5.41) is 3.86. The maximum atomic E-state index is 8.82. The van der Waals surface area contributed by atoms with E-state index in [1.54, 1.807) is 0 Å². The fourth-order valence-electron chi connectivity index (χ4n) is 1.90. The molecule has 0 bridgehead atoms. The van der Waals surface area contributed by atoms with Crippen molar-refractivity contribution in [3.63, 3.8) is 0 Å². The van der Waals surface area contributed by atoms with E-state index >= 15 is 0 Å². The molecular formula is C15H11N3. The van der Waals surface area contributed by atoms with Gasteiger partial charge in [0, 0.05) is 4.91 Å². The predicted octanol–water partition coefficient (Wildman–Crippen LogP) is 3.87. The highest BCUT2D eigenvalue weighted by Gasteiger charge is 2.30. The smallest absolute Gasteiger partial charge is 0.119 e. The first-order chi connectivity index (χ1) is 8.83. The number of hydrogen-bond acceptors (Lipinski definition) is 1. The molecule has 3 nitrogen and oxygen atoms in total. The summed E-state index contributed by atoms with van der Waals surface area (Å²) in [5.41, 5.74) is 9.31. The second-order valence-electron chi connectivity index (χ2n) is 3.78. The Morgan fingerprint density at radius 3 is 1.72 bits per heavy atom. The molecule has 18 heavy (non-hydrogen) atoms. The minimum absolute atomic E-state index is 0.788. The van der Waals surface area contributed by atoms with Crippen LogP contribution in [0.2, 0.25) is 0 Å². The van der Waals surface area contributed by atoms with Crippen LogP contribution in [0.25, 0.3) is 10.4 Å². The summed E-state index contributed by atoms with van der Waals surface area (Å²) < 4.78 is 0. The van der Waals surface area contributed by atoms with Crippen LogP contribution < -0.4 is 0 Å². The van der Waals surface area contributed by atoms with E-state index in [0.29, 0.717) is 0 Å². The molecule has 0 radical (unpaired) electrons. The summed E-state index contributed by atoms with van der Waals surface area (Å²) in [4.78, 5) is 2.91. The van der Waals surface area contributed by atoms with Crippen molar-refractivity contribution < 1.29 is 0 Å². The lowest BCUT2D eigenvalue weighted by Gasteiger charge is -2.23. The van der Waals surface area contributed by atoms with E-state index in [0.717, 1.165) is 11.1 Å². The highest BCUT2D eigenvalue weighted by atomic mass is 15.2. The molecule has 0 aliphatic carbocycles. The summed E-state index contributed by atoms with van der Waals surface area (Å²) in [6.45, 7) is 0. The van der Waals surface area contributed by atoms with Gasteiger partial charge in [-0.15, -0.1) is 6.42 Å². The van der Waals surface area contributed by atoms with Gasteiger partial charge in [0.15, 0.2) is 5.54 Å². The van der Waals surface area contributed by atoms with E-state index in [1.165, 1.54) is 0 Å². The summed E-state index contributed by atoms with van der Waals surface area (Å²) in [6.07, 6.45) is 5.64. The Hall–Kier alpha value is -2.69. The number of rotatable bonds is 3. The first-order valence-electron chi connectivity index (χ1n) is 5.48. The van der Waals surface area contributed by atoms with Crippen molar-refractivity contribution in [1.29, 1.82) is 0 Å². The van der Waals surface area contributed by atoms with Crippen molar-refractivity contribution >= 4 is 0 Å². The number of nitrogens with zero attached hydrogens (tertiary/aromatic N) is 3. The zero-order valence-electron chi connectivity index (χ0n) is 9.69. The van der Waals surface area contributed by atoms with Crippen molar-refractivity contribution in [2.24, 2.45) is 5.11 Å². The molecule has 0 amide bonds. The molecule has 2 aromatic carbocycles. The molecule has 0 aliphatic heterocycles. The average Bonchev–Trinajstić information content (AvgIpc) is 2.47. The molecule has 0 fully saturated rings. The first-order valence-corrected chi connectivity index (χ1v) is 5.48. The molecule has 86 valence electrons. The maximum Gasteiger partial charge on any atom is 0.159 e. The van der Waals surface area contributed by atoms with Crippen molar-refractivity contribution in [1.82, 2.24) is 0 Å². The first kappa shape index (κ1) is 11.8. The predicted molar refractivity (Wildman–Crippen MR) is 71.6 cm³/mol. The Labute approximate surface area is 106 Å². The van der Waals surface area contributed by atoms with E-state index in [-0.39, 0.29) is 0 Å². The fourth-order valence-corrected chi connectivity index (χ4v) is 1.90. The van der Waals surface area contributed by atoms with Gasteiger partial charge in [-0.05, 0) is 16.7 Å². The minimum atomic E-state index is -1.09. The van der Waals surface area contributed by atoms with Crippen molar-refractivity contribution in [2.75, 3.05) is 0 Å². The van der Waals surface area contributed by atoms with Crippen LogP contribution in [-0.2, 0) is 5.54 Å². The van der Waals surface area contributed by atoms with Gasteiger partial charge in [0.05, 0.1) is 0 Å². The third-order valence-electron chi connectivity index (χ3n) is 2.79. The zero-order valence-corrected chi connectivity index (χ0v) is 9.69. The molecule has 0 saturated heterocycles. The summed E-state index contributed by atoms with van der Waals surface area (Å²) in [7, 11) is 0. The second kappa shape index (κ2) is 5.09. The summed E-state index contributed by atoms with van der Waals surface area (Å²) in [6, 6.07) is 18.7. The van der Waals surface area contributed by atoms with E-state index in [2.05, 4.69) is 15.9 Å². The van der Waals surface area contributed by atoms with Crippen LogP contribution in [0.15, 0.2) is 65.8 Å². The van der Waals surface area contributed by atoms with Gasteiger partial charge in [-0.25, -0.2) is 0 Å². The van der Waals surface area contributed by atoms with Gasteiger partial charge in [0.25, 0.3) is 0 Å². The van der Waals surface area contributed by atoms with Gasteiger partial charge < -0.3 is 0 Å². The molecule has 0 spiro atoms. The van der Waals surface area contributed by atoms with Crippen LogP contribution in [-0.4, -0.2) is 0 Å². The molecule has 2 aromatic rings. The van der Waals surface area contributed by atoms with Gasteiger partial charge in [0.2, 0.25) is 0 Å². The summed E-state index contributed by atoms with van der Waals surface area (Å²) >= 11 is 0. The molecule has 0 aliphatic rings. The molecule has 0 unspecified atom stereocenters. The minimum Gasteiger partial charge on any atom is -0.119 e. The van der Waals surface area contributed by atoms with E-state index in [1.807, 2.05) is 60.7 Å². The third kappa shape index (κ3) is 1.93. The average molecular weight is 233 g/mol. The Balaban J connectivity index is 2.70. The lowest BCUT2D eigenvalue weighted by atomic mass is 9.84. The number of terminal acetylenes is 1. The van der Waals surface area contributed by atoms with Crippen molar-refractivity contribution in [2.45, 2.75) is 5.54 Å². The molecule has 2 rings (SSSR count). The Kier molecular flexibility index (Phi) is 3.33. The number of hydrogen-bond donors (Lipinski definition) is 0. The van der Waals surface area contributed by atoms with Gasteiger partial charge in [0.1, 0.15) is 0 Å². The Bertz CT molecular complexity index is 566. The topological polar surface area (TPSA) is 48.8 Å². The largest absolute Gasteiger partial charge is 0.159 e. The zero-order chi connectivity index (χ0) is 12.8. The monoisotopic (exact) mass is 233 g/mol. The normalized spacial score (nSPS) is 10.2. The van der Waals surface area contributed by atoms with E-state index in [4.69, 9.17) is 12.0 Å². The van der Waals surface area contributed by atoms with Gasteiger partial charge in [-0.1, -0.05) is 71.7 Å². The fraction of sp³-hybridized carbons (Fsp3) is 0.0667. The highest BCUT2D eigenvalue weighted by molar-refractivity contribution is 5.46. The molecule has 0 N–H and O–H groups in total. The Morgan fingerprint density at radius 2 is 1.39 bits per heavy atom. The van der Waals surface area contributed by atoms with Gasteiger partial charge in [-0.3, -0.25) is 0 Å². The van der Waals surface area contributed by atoms with Crippen LogP contribution >= 0.6 is 0 Å². The molecule has 3 heteroatoms. The van der Waals surface area contributed by atoms with E-state index in [9.17, 15) is 0 Å². The lowest BCUT2D eigenvalue weighted by Crippen LogP contribution is -2.22. The SMILES string of the molecule is C#CC(N=[N+]=[N-])(c1ccccc1)c1ccccc1. The van der Waals surface area contributed by atoms with Crippen LogP contribution in [0.5, 0.6) is 0 Å². The van der Waals surface area contributed by atoms with Gasteiger partial charge in [-0.2, -0.15) is 0 Å².